The van der Waals surface area contributed by atoms with Crippen molar-refractivity contribution < 1.29 is 9.15 Å². The molecule has 0 bridgehead atoms. The van der Waals surface area contributed by atoms with Gasteiger partial charge >= 0.3 is 0 Å². The summed E-state index contributed by atoms with van der Waals surface area (Å²) in [7, 11) is 0. The van der Waals surface area contributed by atoms with E-state index in [1.807, 2.05) is 31.2 Å². The number of nitrogens with zero attached hydrogens (tertiary/aromatic N) is 4. The zero-order chi connectivity index (χ0) is 20.2. The van der Waals surface area contributed by atoms with Crippen molar-refractivity contribution in [3.8, 4) is 17.2 Å². The Morgan fingerprint density at radius 2 is 1.83 bits per heavy atom. The highest BCUT2D eigenvalue weighted by atomic mass is 16.5. The second-order valence-corrected chi connectivity index (χ2v) is 7.41. The van der Waals surface area contributed by atoms with Crippen molar-refractivity contribution in [1.29, 1.82) is 0 Å². The van der Waals surface area contributed by atoms with Gasteiger partial charge in [0.15, 0.2) is 0 Å². The van der Waals surface area contributed by atoms with E-state index < -0.39 is 0 Å². The Morgan fingerprint density at radius 3 is 2.59 bits per heavy atom. The molecule has 0 amide bonds. The number of rotatable bonds is 6. The third-order valence-electron chi connectivity index (χ3n) is 5.43. The van der Waals surface area contributed by atoms with Crippen molar-refractivity contribution in [2.45, 2.75) is 26.8 Å². The first-order chi connectivity index (χ1) is 14.2. The van der Waals surface area contributed by atoms with E-state index in [0.29, 0.717) is 18.4 Å². The molecule has 1 atom stereocenters. The molecule has 4 rings (SSSR count). The summed E-state index contributed by atoms with van der Waals surface area (Å²) in [4.78, 5) is 4.79. The molecule has 1 aliphatic rings. The standard InChI is InChI=1S/C23H28N4O2/c1-4-28-21-11-6-5-10-20(21)27-14-12-26(13-15-27)18(3)22-24-25-23(29-22)19-9-7-8-17(2)16-19/h5-11,16,18H,4,12-15H2,1-3H3/t18-/m0/s1. The molecular weight excluding hydrogens is 364 g/mol. The van der Waals surface area contributed by atoms with E-state index in [4.69, 9.17) is 9.15 Å². The maximum Gasteiger partial charge on any atom is 0.247 e. The third kappa shape index (κ3) is 4.27. The van der Waals surface area contributed by atoms with Gasteiger partial charge in [-0.05, 0) is 45.0 Å². The van der Waals surface area contributed by atoms with Crippen LogP contribution in [0.5, 0.6) is 5.75 Å². The maximum absolute atomic E-state index is 6.00. The van der Waals surface area contributed by atoms with Crippen molar-refractivity contribution >= 4 is 5.69 Å². The van der Waals surface area contributed by atoms with Crippen LogP contribution in [-0.4, -0.2) is 47.9 Å². The summed E-state index contributed by atoms with van der Waals surface area (Å²) in [6.07, 6.45) is 0. The first-order valence-electron chi connectivity index (χ1n) is 10.3. The van der Waals surface area contributed by atoms with Crippen LogP contribution in [0.1, 0.15) is 31.3 Å². The van der Waals surface area contributed by atoms with Crippen molar-refractivity contribution in [2.75, 3.05) is 37.7 Å². The van der Waals surface area contributed by atoms with Crippen LogP contribution in [0.3, 0.4) is 0 Å². The number of aryl methyl sites for hydroxylation is 1. The minimum absolute atomic E-state index is 0.0883. The molecule has 152 valence electrons. The molecule has 0 aliphatic carbocycles. The minimum atomic E-state index is 0.0883. The quantitative estimate of drug-likeness (QED) is 0.622. The highest BCUT2D eigenvalue weighted by molar-refractivity contribution is 5.58. The van der Waals surface area contributed by atoms with Crippen LogP contribution in [-0.2, 0) is 0 Å². The highest BCUT2D eigenvalue weighted by Crippen LogP contribution is 2.31. The van der Waals surface area contributed by atoms with E-state index in [1.54, 1.807) is 0 Å². The van der Waals surface area contributed by atoms with Gasteiger partial charge in [0.05, 0.1) is 18.3 Å². The van der Waals surface area contributed by atoms with E-state index in [-0.39, 0.29) is 6.04 Å². The lowest BCUT2D eigenvalue weighted by atomic mass is 10.1. The lowest BCUT2D eigenvalue weighted by Gasteiger charge is -2.38. The van der Waals surface area contributed by atoms with Crippen molar-refractivity contribution in [3.63, 3.8) is 0 Å². The molecule has 1 saturated heterocycles. The number of hydrogen-bond donors (Lipinski definition) is 0. The molecule has 1 aromatic heterocycles. The molecule has 1 fully saturated rings. The monoisotopic (exact) mass is 392 g/mol. The number of benzene rings is 2. The molecule has 6 nitrogen and oxygen atoms in total. The summed E-state index contributed by atoms with van der Waals surface area (Å²) < 4.78 is 11.8. The summed E-state index contributed by atoms with van der Waals surface area (Å²) in [5.41, 5.74) is 3.31. The third-order valence-corrected chi connectivity index (χ3v) is 5.43. The number of anilines is 1. The van der Waals surface area contributed by atoms with Gasteiger partial charge in [0.1, 0.15) is 5.75 Å². The molecule has 2 aromatic carbocycles. The summed E-state index contributed by atoms with van der Waals surface area (Å²) >= 11 is 0. The molecule has 0 N–H and O–H groups in total. The Hall–Kier alpha value is -2.86. The predicted octanol–water partition coefficient (Wildman–Crippen LogP) is 4.33. The van der Waals surface area contributed by atoms with Gasteiger partial charge in [0, 0.05) is 31.7 Å². The average Bonchev–Trinajstić information content (AvgIpc) is 3.24. The van der Waals surface area contributed by atoms with Gasteiger partial charge in [-0.1, -0.05) is 29.8 Å². The topological polar surface area (TPSA) is 54.6 Å². The number of para-hydroxylation sites is 2. The zero-order valence-electron chi connectivity index (χ0n) is 17.3. The molecule has 1 aliphatic heterocycles. The Balaban J connectivity index is 1.42. The van der Waals surface area contributed by atoms with E-state index in [2.05, 4.69) is 58.1 Å². The van der Waals surface area contributed by atoms with Gasteiger partial charge in [-0.3, -0.25) is 4.90 Å². The first kappa shape index (κ1) is 19.5. The number of piperazine rings is 1. The van der Waals surface area contributed by atoms with Crippen LogP contribution in [0, 0.1) is 6.92 Å². The van der Waals surface area contributed by atoms with Crippen molar-refractivity contribution in [1.82, 2.24) is 15.1 Å². The predicted molar refractivity (Wildman–Crippen MR) is 114 cm³/mol. The Labute approximate surface area is 172 Å². The molecule has 6 heteroatoms. The Kier molecular flexibility index (Phi) is 5.81. The summed E-state index contributed by atoms with van der Waals surface area (Å²) in [6, 6.07) is 16.5. The summed E-state index contributed by atoms with van der Waals surface area (Å²) in [5, 5.41) is 8.59. The molecule has 29 heavy (non-hydrogen) atoms. The number of hydrogen-bond acceptors (Lipinski definition) is 6. The van der Waals surface area contributed by atoms with Crippen LogP contribution in [0.4, 0.5) is 5.69 Å². The van der Waals surface area contributed by atoms with Crippen LogP contribution in [0.25, 0.3) is 11.5 Å². The summed E-state index contributed by atoms with van der Waals surface area (Å²) in [6.45, 7) is 10.6. The fourth-order valence-corrected chi connectivity index (χ4v) is 3.80. The minimum Gasteiger partial charge on any atom is -0.492 e. The van der Waals surface area contributed by atoms with E-state index in [1.165, 1.54) is 11.3 Å². The van der Waals surface area contributed by atoms with Crippen LogP contribution < -0.4 is 9.64 Å². The van der Waals surface area contributed by atoms with Gasteiger partial charge in [-0.2, -0.15) is 0 Å². The molecule has 0 spiro atoms. The van der Waals surface area contributed by atoms with Gasteiger partial charge in [0.2, 0.25) is 11.8 Å². The van der Waals surface area contributed by atoms with Gasteiger partial charge in [-0.15, -0.1) is 10.2 Å². The van der Waals surface area contributed by atoms with Gasteiger partial charge in [0.25, 0.3) is 0 Å². The number of ether oxygens (including phenoxy) is 1. The molecule has 3 aromatic rings. The second kappa shape index (κ2) is 8.66. The van der Waals surface area contributed by atoms with E-state index in [9.17, 15) is 0 Å². The largest absolute Gasteiger partial charge is 0.492 e. The van der Waals surface area contributed by atoms with E-state index >= 15 is 0 Å². The Bertz CT molecular complexity index is 947. The average molecular weight is 393 g/mol. The molecule has 0 unspecified atom stereocenters. The maximum atomic E-state index is 6.00. The zero-order valence-corrected chi connectivity index (χ0v) is 17.3. The SMILES string of the molecule is CCOc1ccccc1N1CCN([C@@H](C)c2nnc(-c3cccc(C)c3)o2)CC1. The molecule has 0 saturated carbocycles. The van der Waals surface area contributed by atoms with Crippen LogP contribution in [0.15, 0.2) is 52.9 Å². The van der Waals surface area contributed by atoms with Crippen molar-refractivity contribution in [2.24, 2.45) is 0 Å². The van der Waals surface area contributed by atoms with Crippen LogP contribution >= 0.6 is 0 Å². The lowest BCUT2D eigenvalue weighted by molar-refractivity contribution is 0.173. The molecule has 0 radical (unpaired) electrons. The van der Waals surface area contributed by atoms with E-state index in [0.717, 1.165) is 37.5 Å². The number of aromatic nitrogens is 2. The fraction of sp³-hybridized carbons (Fsp3) is 0.391. The normalized spacial score (nSPS) is 16.0. The fourth-order valence-electron chi connectivity index (χ4n) is 3.80. The molecular formula is C23H28N4O2. The van der Waals surface area contributed by atoms with Crippen LogP contribution in [0.2, 0.25) is 0 Å². The second-order valence-electron chi connectivity index (χ2n) is 7.41. The summed E-state index contributed by atoms with van der Waals surface area (Å²) in [5.74, 6) is 2.21. The van der Waals surface area contributed by atoms with Crippen molar-refractivity contribution in [3.05, 3.63) is 60.0 Å². The lowest BCUT2D eigenvalue weighted by Crippen LogP contribution is -2.47. The smallest absolute Gasteiger partial charge is 0.247 e. The Morgan fingerprint density at radius 1 is 1.03 bits per heavy atom. The van der Waals surface area contributed by atoms with Gasteiger partial charge in [-0.25, -0.2) is 0 Å². The molecule has 2 heterocycles. The first-order valence-corrected chi connectivity index (χ1v) is 10.3. The highest BCUT2D eigenvalue weighted by Gasteiger charge is 2.26. The van der Waals surface area contributed by atoms with Gasteiger partial charge < -0.3 is 14.1 Å².